The fourth-order valence-corrected chi connectivity index (χ4v) is 3.36. The standard InChI is InChI=1S/C14H24N4O/c1-19-9-11-3-2-4-18(7-11)8-12-5-13-14(6-15-12)17-10-16-13/h10-12,15H,2-9H2,1H3,(H,16,17). The van der Waals surface area contributed by atoms with Crippen molar-refractivity contribution >= 4 is 0 Å². The van der Waals surface area contributed by atoms with Gasteiger partial charge < -0.3 is 19.9 Å². The van der Waals surface area contributed by atoms with E-state index in [0.29, 0.717) is 12.0 Å². The number of nitrogens with one attached hydrogen (secondary N) is 2. The van der Waals surface area contributed by atoms with E-state index in [9.17, 15) is 0 Å². The number of aromatic nitrogens is 2. The van der Waals surface area contributed by atoms with E-state index in [4.69, 9.17) is 4.74 Å². The van der Waals surface area contributed by atoms with Crippen molar-refractivity contribution < 1.29 is 4.74 Å². The third kappa shape index (κ3) is 3.16. The van der Waals surface area contributed by atoms with Gasteiger partial charge in [0.2, 0.25) is 0 Å². The number of hydrogen-bond acceptors (Lipinski definition) is 4. The van der Waals surface area contributed by atoms with Crippen molar-refractivity contribution in [2.24, 2.45) is 5.92 Å². The van der Waals surface area contributed by atoms with Crippen LogP contribution in [0.1, 0.15) is 24.2 Å². The molecule has 0 radical (unpaired) electrons. The van der Waals surface area contributed by atoms with Crippen molar-refractivity contribution in [3.05, 3.63) is 17.7 Å². The Morgan fingerprint density at radius 1 is 1.53 bits per heavy atom. The van der Waals surface area contributed by atoms with E-state index >= 15 is 0 Å². The SMILES string of the molecule is COCC1CCCN(CC2Cc3nc[nH]c3CN2)C1. The van der Waals surface area contributed by atoms with E-state index < -0.39 is 0 Å². The molecular weight excluding hydrogens is 240 g/mol. The normalized spacial score (nSPS) is 28.3. The monoisotopic (exact) mass is 264 g/mol. The van der Waals surface area contributed by atoms with Gasteiger partial charge in [0.15, 0.2) is 0 Å². The molecule has 2 atom stereocenters. The van der Waals surface area contributed by atoms with Crippen molar-refractivity contribution in [3.63, 3.8) is 0 Å². The van der Waals surface area contributed by atoms with Gasteiger partial charge in [-0.1, -0.05) is 0 Å². The number of ether oxygens (including phenoxy) is 1. The molecule has 2 unspecified atom stereocenters. The summed E-state index contributed by atoms with van der Waals surface area (Å²) < 4.78 is 5.30. The zero-order valence-electron chi connectivity index (χ0n) is 11.7. The first-order chi connectivity index (χ1) is 9.35. The van der Waals surface area contributed by atoms with Crippen LogP contribution in [0.2, 0.25) is 0 Å². The van der Waals surface area contributed by atoms with Crippen molar-refractivity contribution in [2.45, 2.75) is 31.8 Å². The van der Waals surface area contributed by atoms with Crippen LogP contribution < -0.4 is 5.32 Å². The van der Waals surface area contributed by atoms with Crippen LogP contribution in [-0.2, 0) is 17.7 Å². The average Bonchev–Trinajstić information content (AvgIpc) is 2.87. The number of piperidine rings is 1. The zero-order valence-corrected chi connectivity index (χ0v) is 11.7. The number of methoxy groups -OCH3 is 1. The molecule has 2 N–H and O–H groups in total. The highest BCUT2D eigenvalue weighted by molar-refractivity contribution is 5.16. The number of likely N-dealkylation sites (tertiary alicyclic amines) is 1. The molecule has 0 saturated carbocycles. The quantitative estimate of drug-likeness (QED) is 0.844. The molecule has 0 aliphatic carbocycles. The first-order valence-corrected chi connectivity index (χ1v) is 7.31. The van der Waals surface area contributed by atoms with Gasteiger partial charge in [-0.25, -0.2) is 4.98 Å². The maximum Gasteiger partial charge on any atom is 0.0925 e. The summed E-state index contributed by atoms with van der Waals surface area (Å²) in [5, 5.41) is 3.61. The molecule has 0 bridgehead atoms. The number of hydrogen-bond donors (Lipinski definition) is 2. The van der Waals surface area contributed by atoms with Crippen LogP contribution in [0.4, 0.5) is 0 Å². The van der Waals surface area contributed by atoms with E-state index in [0.717, 1.165) is 26.1 Å². The van der Waals surface area contributed by atoms with Crippen LogP contribution in [0.15, 0.2) is 6.33 Å². The highest BCUT2D eigenvalue weighted by atomic mass is 16.5. The predicted molar refractivity (Wildman–Crippen MR) is 74.0 cm³/mol. The van der Waals surface area contributed by atoms with E-state index in [-0.39, 0.29) is 0 Å². The van der Waals surface area contributed by atoms with E-state index in [2.05, 4.69) is 20.2 Å². The third-order valence-corrected chi connectivity index (χ3v) is 4.30. The average molecular weight is 264 g/mol. The fraction of sp³-hybridized carbons (Fsp3) is 0.786. The highest BCUT2D eigenvalue weighted by Crippen LogP contribution is 2.19. The Bertz CT molecular complexity index is 404. The van der Waals surface area contributed by atoms with Gasteiger partial charge in [0.1, 0.15) is 0 Å². The smallest absolute Gasteiger partial charge is 0.0925 e. The Morgan fingerprint density at radius 3 is 3.37 bits per heavy atom. The van der Waals surface area contributed by atoms with Crippen LogP contribution in [-0.4, -0.2) is 54.3 Å². The zero-order chi connectivity index (χ0) is 13.1. The van der Waals surface area contributed by atoms with Gasteiger partial charge in [-0.2, -0.15) is 0 Å². The van der Waals surface area contributed by atoms with Crippen molar-refractivity contribution in [1.29, 1.82) is 0 Å². The highest BCUT2D eigenvalue weighted by Gasteiger charge is 2.25. The summed E-state index contributed by atoms with van der Waals surface area (Å²) in [4.78, 5) is 10.2. The van der Waals surface area contributed by atoms with Gasteiger partial charge in [-0.15, -0.1) is 0 Å². The lowest BCUT2D eigenvalue weighted by Crippen LogP contribution is -2.48. The van der Waals surface area contributed by atoms with Gasteiger partial charge in [0.05, 0.1) is 24.3 Å². The Morgan fingerprint density at radius 2 is 2.47 bits per heavy atom. The molecule has 5 nitrogen and oxygen atoms in total. The summed E-state index contributed by atoms with van der Waals surface area (Å²) in [5.41, 5.74) is 2.50. The summed E-state index contributed by atoms with van der Waals surface area (Å²) in [6.45, 7) is 5.37. The van der Waals surface area contributed by atoms with Gasteiger partial charge >= 0.3 is 0 Å². The van der Waals surface area contributed by atoms with Crippen LogP contribution in [0, 0.1) is 5.92 Å². The van der Waals surface area contributed by atoms with Crippen molar-refractivity contribution in [1.82, 2.24) is 20.2 Å². The lowest BCUT2D eigenvalue weighted by Gasteiger charge is -2.35. The summed E-state index contributed by atoms with van der Waals surface area (Å²) in [6, 6.07) is 0.539. The minimum atomic E-state index is 0.539. The fourth-order valence-electron chi connectivity index (χ4n) is 3.36. The molecule has 2 aliphatic rings. The van der Waals surface area contributed by atoms with Gasteiger partial charge in [-0.05, 0) is 25.3 Å². The third-order valence-electron chi connectivity index (χ3n) is 4.30. The number of aromatic amines is 1. The van der Waals surface area contributed by atoms with E-state index in [1.54, 1.807) is 7.11 Å². The van der Waals surface area contributed by atoms with Crippen LogP contribution in [0.3, 0.4) is 0 Å². The molecular formula is C14H24N4O. The van der Waals surface area contributed by atoms with E-state index in [1.165, 1.54) is 37.3 Å². The number of H-pyrrole nitrogens is 1. The molecule has 0 aromatic carbocycles. The van der Waals surface area contributed by atoms with Crippen LogP contribution in [0.5, 0.6) is 0 Å². The van der Waals surface area contributed by atoms with Crippen LogP contribution in [0.25, 0.3) is 0 Å². The maximum absolute atomic E-state index is 5.30. The Kier molecular flexibility index (Phi) is 4.15. The molecule has 1 aromatic rings. The first kappa shape index (κ1) is 13.1. The van der Waals surface area contributed by atoms with Crippen molar-refractivity contribution in [2.75, 3.05) is 33.4 Å². The number of fused-ring (bicyclic) bond motifs is 1. The van der Waals surface area contributed by atoms with E-state index in [1.807, 2.05) is 6.33 Å². The number of nitrogens with zero attached hydrogens (tertiary/aromatic N) is 2. The Balaban J connectivity index is 1.52. The maximum atomic E-state index is 5.30. The summed E-state index contributed by atoms with van der Waals surface area (Å²) >= 11 is 0. The molecule has 3 rings (SSSR count). The topological polar surface area (TPSA) is 53.2 Å². The lowest BCUT2D eigenvalue weighted by molar-refractivity contribution is 0.0850. The second-order valence-corrected chi connectivity index (χ2v) is 5.83. The number of imidazole rings is 1. The second kappa shape index (κ2) is 6.03. The van der Waals surface area contributed by atoms with Crippen molar-refractivity contribution in [3.8, 4) is 0 Å². The molecule has 0 amide bonds. The second-order valence-electron chi connectivity index (χ2n) is 5.83. The largest absolute Gasteiger partial charge is 0.384 e. The summed E-state index contributed by atoms with van der Waals surface area (Å²) in [5.74, 6) is 0.711. The van der Waals surface area contributed by atoms with Gasteiger partial charge in [0, 0.05) is 39.2 Å². The molecule has 1 saturated heterocycles. The Labute approximate surface area is 114 Å². The van der Waals surface area contributed by atoms with Gasteiger partial charge in [0.25, 0.3) is 0 Å². The molecule has 2 aliphatic heterocycles. The van der Waals surface area contributed by atoms with Gasteiger partial charge in [-0.3, -0.25) is 0 Å². The minimum absolute atomic E-state index is 0.539. The summed E-state index contributed by atoms with van der Waals surface area (Å²) in [7, 11) is 1.81. The molecule has 19 heavy (non-hydrogen) atoms. The Hall–Kier alpha value is -0.910. The molecule has 5 heteroatoms. The van der Waals surface area contributed by atoms with Crippen LogP contribution >= 0.6 is 0 Å². The summed E-state index contributed by atoms with van der Waals surface area (Å²) in [6.07, 6.45) is 5.47. The molecule has 106 valence electrons. The molecule has 3 heterocycles. The molecule has 0 spiro atoms. The minimum Gasteiger partial charge on any atom is -0.384 e. The molecule has 1 aromatic heterocycles. The number of rotatable bonds is 4. The first-order valence-electron chi connectivity index (χ1n) is 7.31. The molecule has 1 fully saturated rings. The predicted octanol–water partition coefficient (Wildman–Crippen LogP) is 0.782. The lowest BCUT2D eigenvalue weighted by atomic mass is 9.97.